The van der Waals surface area contributed by atoms with E-state index in [1.54, 1.807) is 11.3 Å². The molecule has 3 nitrogen and oxygen atoms in total. The van der Waals surface area contributed by atoms with E-state index in [1.807, 2.05) is 19.2 Å². The van der Waals surface area contributed by atoms with Crippen molar-refractivity contribution in [3.63, 3.8) is 0 Å². The van der Waals surface area contributed by atoms with Gasteiger partial charge in [-0.25, -0.2) is 9.97 Å². The van der Waals surface area contributed by atoms with E-state index in [9.17, 15) is 0 Å². The van der Waals surface area contributed by atoms with Crippen molar-refractivity contribution >= 4 is 38.3 Å². The molecule has 80 valence electrons. The van der Waals surface area contributed by atoms with Crippen LogP contribution in [0.4, 0.5) is 0 Å². The molecule has 0 saturated carbocycles. The summed E-state index contributed by atoms with van der Waals surface area (Å²) in [6, 6.07) is 4.11. The minimum atomic E-state index is 0.783. The second-order valence-corrected chi connectivity index (χ2v) is 5.26. The van der Waals surface area contributed by atoms with E-state index in [2.05, 4.69) is 42.3 Å². The molecular formula is C11H8BrN3S. The fourth-order valence-corrected chi connectivity index (χ4v) is 2.91. The Bertz CT molecular complexity index is 643. The smallest absolute Gasteiger partial charge is 0.142 e. The standard InChI is InChI=1S/C11H8BrN3S/c1-6-14-10(8-3-2-4-16-8)9-7(12)5-13-11(9)15-6/h2-5H,1H3,(H,13,14,15). The van der Waals surface area contributed by atoms with Gasteiger partial charge in [0.15, 0.2) is 0 Å². The van der Waals surface area contributed by atoms with Gasteiger partial charge in [-0.2, -0.15) is 0 Å². The number of thiophene rings is 1. The summed E-state index contributed by atoms with van der Waals surface area (Å²) in [7, 11) is 0. The van der Waals surface area contributed by atoms with E-state index >= 15 is 0 Å². The number of hydrogen-bond acceptors (Lipinski definition) is 3. The van der Waals surface area contributed by atoms with Crippen LogP contribution in [-0.4, -0.2) is 15.0 Å². The van der Waals surface area contributed by atoms with E-state index in [0.717, 1.165) is 31.9 Å². The molecule has 0 unspecified atom stereocenters. The minimum Gasteiger partial charge on any atom is -0.345 e. The maximum Gasteiger partial charge on any atom is 0.142 e. The highest BCUT2D eigenvalue weighted by Gasteiger charge is 2.13. The molecule has 0 spiro atoms. The summed E-state index contributed by atoms with van der Waals surface area (Å²) in [6.45, 7) is 1.91. The first kappa shape index (κ1) is 9.99. The van der Waals surface area contributed by atoms with Crippen LogP contribution in [0, 0.1) is 6.92 Å². The van der Waals surface area contributed by atoms with Gasteiger partial charge in [-0.3, -0.25) is 0 Å². The maximum atomic E-state index is 4.53. The van der Waals surface area contributed by atoms with E-state index in [1.165, 1.54) is 0 Å². The lowest BCUT2D eigenvalue weighted by molar-refractivity contribution is 1.09. The van der Waals surface area contributed by atoms with Crippen LogP contribution in [0.25, 0.3) is 21.6 Å². The van der Waals surface area contributed by atoms with Gasteiger partial charge >= 0.3 is 0 Å². The Morgan fingerprint density at radius 1 is 1.38 bits per heavy atom. The van der Waals surface area contributed by atoms with Crippen molar-refractivity contribution in [1.82, 2.24) is 15.0 Å². The Morgan fingerprint density at radius 3 is 3.00 bits per heavy atom. The Morgan fingerprint density at radius 2 is 2.25 bits per heavy atom. The van der Waals surface area contributed by atoms with Gasteiger partial charge in [-0.05, 0) is 34.3 Å². The molecule has 3 aromatic rings. The third kappa shape index (κ3) is 1.47. The van der Waals surface area contributed by atoms with Crippen molar-refractivity contribution in [3.05, 3.63) is 34.0 Å². The zero-order valence-corrected chi connectivity index (χ0v) is 10.9. The first-order valence-corrected chi connectivity index (χ1v) is 6.48. The lowest BCUT2D eigenvalue weighted by Crippen LogP contribution is -1.91. The molecule has 0 aliphatic rings. The molecule has 0 radical (unpaired) electrons. The lowest BCUT2D eigenvalue weighted by atomic mass is 10.2. The van der Waals surface area contributed by atoms with Gasteiger partial charge < -0.3 is 4.98 Å². The maximum absolute atomic E-state index is 4.53. The van der Waals surface area contributed by atoms with Crippen LogP contribution in [0.1, 0.15) is 5.82 Å². The first-order chi connectivity index (χ1) is 7.75. The van der Waals surface area contributed by atoms with Crippen molar-refractivity contribution in [3.8, 4) is 10.6 Å². The predicted octanol–water partition coefficient (Wildman–Crippen LogP) is 3.76. The van der Waals surface area contributed by atoms with Crippen molar-refractivity contribution in [2.45, 2.75) is 6.92 Å². The van der Waals surface area contributed by atoms with Gasteiger partial charge in [-0.15, -0.1) is 11.3 Å². The zero-order chi connectivity index (χ0) is 11.1. The topological polar surface area (TPSA) is 41.6 Å². The Labute approximate surface area is 105 Å². The fraction of sp³-hybridized carbons (Fsp3) is 0.0909. The second-order valence-electron chi connectivity index (χ2n) is 3.46. The summed E-state index contributed by atoms with van der Waals surface area (Å²) in [6.07, 6.45) is 1.90. The molecule has 0 amide bonds. The molecule has 3 heterocycles. The summed E-state index contributed by atoms with van der Waals surface area (Å²) in [5.74, 6) is 0.783. The summed E-state index contributed by atoms with van der Waals surface area (Å²) < 4.78 is 1.01. The number of rotatable bonds is 1. The Kier molecular flexibility index (Phi) is 2.29. The van der Waals surface area contributed by atoms with Crippen LogP contribution in [0.3, 0.4) is 0 Å². The number of aromatic amines is 1. The number of H-pyrrole nitrogens is 1. The molecule has 0 aromatic carbocycles. The Hall–Kier alpha value is -1.20. The van der Waals surface area contributed by atoms with Crippen molar-refractivity contribution in [2.24, 2.45) is 0 Å². The predicted molar refractivity (Wildman–Crippen MR) is 69.6 cm³/mol. The van der Waals surface area contributed by atoms with Crippen molar-refractivity contribution in [1.29, 1.82) is 0 Å². The van der Waals surface area contributed by atoms with Crippen molar-refractivity contribution < 1.29 is 0 Å². The molecule has 3 aromatic heterocycles. The molecule has 0 saturated heterocycles. The van der Waals surface area contributed by atoms with Crippen LogP contribution in [0.15, 0.2) is 28.2 Å². The molecule has 0 atom stereocenters. The first-order valence-electron chi connectivity index (χ1n) is 4.81. The van der Waals surface area contributed by atoms with Gasteiger partial charge in [0.05, 0.1) is 16.0 Å². The number of hydrogen-bond donors (Lipinski definition) is 1. The number of aromatic nitrogens is 3. The van der Waals surface area contributed by atoms with E-state index in [4.69, 9.17) is 0 Å². The Balaban J connectivity index is 2.42. The number of fused-ring (bicyclic) bond motifs is 1. The van der Waals surface area contributed by atoms with Crippen LogP contribution in [-0.2, 0) is 0 Å². The molecule has 5 heteroatoms. The summed E-state index contributed by atoms with van der Waals surface area (Å²) in [5, 5.41) is 3.10. The molecular weight excluding hydrogens is 286 g/mol. The molecule has 1 N–H and O–H groups in total. The minimum absolute atomic E-state index is 0.783. The number of aryl methyl sites for hydroxylation is 1. The van der Waals surface area contributed by atoms with E-state index in [-0.39, 0.29) is 0 Å². The number of halogens is 1. The largest absolute Gasteiger partial charge is 0.345 e. The van der Waals surface area contributed by atoms with Gasteiger partial charge in [0.25, 0.3) is 0 Å². The summed E-state index contributed by atoms with van der Waals surface area (Å²) >= 11 is 5.21. The normalized spacial score (nSPS) is 11.1. The highest BCUT2D eigenvalue weighted by Crippen LogP contribution is 2.33. The monoisotopic (exact) mass is 293 g/mol. The molecule has 0 aliphatic heterocycles. The summed E-state index contributed by atoms with van der Waals surface area (Å²) in [4.78, 5) is 13.2. The molecule has 0 bridgehead atoms. The van der Waals surface area contributed by atoms with Gasteiger partial charge in [0, 0.05) is 10.7 Å². The number of nitrogens with one attached hydrogen (secondary N) is 1. The third-order valence-electron chi connectivity index (χ3n) is 2.35. The van der Waals surface area contributed by atoms with Crippen LogP contribution >= 0.6 is 27.3 Å². The van der Waals surface area contributed by atoms with Crippen molar-refractivity contribution in [2.75, 3.05) is 0 Å². The van der Waals surface area contributed by atoms with Gasteiger partial charge in [0.1, 0.15) is 11.5 Å². The summed E-state index contributed by atoms with van der Waals surface area (Å²) in [5.41, 5.74) is 1.87. The number of nitrogens with zero attached hydrogens (tertiary/aromatic N) is 2. The fourth-order valence-electron chi connectivity index (χ4n) is 1.70. The average Bonchev–Trinajstić information content (AvgIpc) is 2.87. The molecule has 3 rings (SSSR count). The molecule has 16 heavy (non-hydrogen) atoms. The van der Waals surface area contributed by atoms with Crippen LogP contribution < -0.4 is 0 Å². The SMILES string of the molecule is Cc1nc(-c2cccs2)c2c(Br)c[nH]c2n1. The lowest BCUT2D eigenvalue weighted by Gasteiger charge is -2.01. The highest BCUT2D eigenvalue weighted by atomic mass is 79.9. The second kappa shape index (κ2) is 3.68. The molecule has 0 aliphatic carbocycles. The highest BCUT2D eigenvalue weighted by molar-refractivity contribution is 9.10. The van der Waals surface area contributed by atoms with E-state index < -0.39 is 0 Å². The van der Waals surface area contributed by atoms with Gasteiger partial charge in [-0.1, -0.05) is 6.07 Å². The van der Waals surface area contributed by atoms with Crippen LogP contribution in [0.5, 0.6) is 0 Å². The van der Waals surface area contributed by atoms with Gasteiger partial charge in [0.2, 0.25) is 0 Å². The average molecular weight is 294 g/mol. The van der Waals surface area contributed by atoms with E-state index in [0.29, 0.717) is 0 Å². The molecule has 0 fully saturated rings. The quantitative estimate of drug-likeness (QED) is 0.742. The van der Waals surface area contributed by atoms with Crippen LogP contribution in [0.2, 0.25) is 0 Å². The zero-order valence-electron chi connectivity index (χ0n) is 8.49. The third-order valence-corrected chi connectivity index (χ3v) is 3.85.